The molecule has 0 radical (unpaired) electrons. The lowest BCUT2D eigenvalue weighted by Crippen LogP contribution is -2.48. The van der Waals surface area contributed by atoms with Gasteiger partial charge in [-0.3, -0.25) is 4.79 Å². The lowest BCUT2D eigenvalue weighted by Gasteiger charge is -2.36. The normalized spacial score (nSPS) is 19.5. The second-order valence-corrected chi connectivity index (χ2v) is 8.87. The SMILES string of the molecule is COCCN1CCCCCC(O)c2cc(C(=O)N3CCN(c4ccc(F)cc4)CC3)ccc21. The molecule has 0 saturated carbocycles. The number of carbonyl (C=O) groups is 1. The maximum Gasteiger partial charge on any atom is 0.253 e. The summed E-state index contributed by atoms with van der Waals surface area (Å²) in [5.74, 6) is -0.253. The van der Waals surface area contributed by atoms with Gasteiger partial charge in [0.05, 0.1) is 12.7 Å². The predicted molar refractivity (Wildman–Crippen MR) is 128 cm³/mol. The molecule has 0 aromatic heterocycles. The van der Waals surface area contributed by atoms with Crippen molar-refractivity contribution in [1.29, 1.82) is 0 Å². The number of aliphatic hydroxyl groups is 1. The molecule has 4 rings (SSSR count). The minimum Gasteiger partial charge on any atom is -0.388 e. The molecule has 0 bridgehead atoms. The standard InChI is InChI=1S/C26H34FN3O3/c1-33-18-17-29-12-4-2-3-5-25(31)23-19-20(6-11-24(23)29)26(32)30-15-13-28(14-16-30)22-9-7-21(27)8-10-22/h6-11,19,25,31H,2-5,12-18H2,1H3. The summed E-state index contributed by atoms with van der Waals surface area (Å²) in [6, 6.07) is 12.3. The summed E-state index contributed by atoms with van der Waals surface area (Å²) in [5, 5.41) is 10.9. The van der Waals surface area contributed by atoms with Gasteiger partial charge in [0.15, 0.2) is 0 Å². The van der Waals surface area contributed by atoms with Crippen LogP contribution in [0.25, 0.3) is 0 Å². The summed E-state index contributed by atoms with van der Waals surface area (Å²) >= 11 is 0. The number of benzene rings is 2. The van der Waals surface area contributed by atoms with Crippen LogP contribution in [-0.2, 0) is 4.74 Å². The number of rotatable bonds is 5. The molecule has 33 heavy (non-hydrogen) atoms. The number of piperazine rings is 1. The Morgan fingerprint density at radius 2 is 1.79 bits per heavy atom. The molecule has 1 N–H and O–H groups in total. The molecule has 2 aromatic rings. The molecule has 1 atom stereocenters. The Hall–Kier alpha value is -2.64. The molecule has 1 fully saturated rings. The van der Waals surface area contributed by atoms with Crippen LogP contribution in [0.2, 0.25) is 0 Å². The van der Waals surface area contributed by atoms with E-state index in [2.05, 4.69) is 9.80 Å². The molecular formula is C26H34FN3O3. The molecule has 178 valence electrons. The van der Waals surface area contributed by atoms with Crippen molar-refractivity contribution in [1.82, 2.24) is 4.90 Å². The van der Waals surface area contributed by atoms with E-state index >= 15 is 0 Å². The lowest BCUT2D eigenvalue weighted by molar-refractivity contribution is 0.0746. The molecular weight excluding hydrogens is 421 g/mol. The number of methoxy groups -OCH3 is 1. The Morgan fingerprint density at radius 1 is 1.03 bits per heavy atom. The first-order chi connectivity index (χ1) is 16.1. The van der Waals surface area contributed by atoms with Gasteiger partial charge in [0.25, 0.3) is 5.91 Å². The average molecular weight is 456 g/mol. The zero-order chi connectivity index (χ0) is 23.2. The van der Waals surface area contributed by atoms with Crippen molar-refractivity contribution < 1.29 is 19.0 Å². The van der Waals surface area contributed by atoms with Gasteiger partial charge in [-0.1, -0.05) is 12.8 Å². The maximum atomic E-state index is 13.3. The fraction of sp³-hybridized carbons (Fsp3) is 0.500. The van der Waals surface area contributed by atoms with Crippen molar-refractivity contribution in [3.8, 4) is 0 Å². The number of fused-ring (bicyclic) bond motifs is 1. The number of ether oxygens (including phenoxy) is 1. The topological polar surface area (TPSA) is 56.3 Å². The Kier molecular flexibility index (Phi) is 7.83. The van der Waals surface area contributed by atoms with E-state index in [-0.39, 0.29) is 11.7 Å². The summed E-state index contributed by atoms with van der Waals surface area (Å²) in [6.07, 6.45) is 3.26. The molecule has 0 spiro atoms. The summed E-state index contributed by atoms with van der Waals surface area (Å²) in [5.41, 5.74) is 3.43. The van der Waals surface area contributed by atoms with E-state index < -0.39 is 6.10 Å². The Balaban J connectivity index is 1.49. The van der Waals surface area contributed by atoms with Crippen LogP contribution in [-0.4, -0.2) is 68.9 Å². The number of hydrogen-bond acceptors (Lipinski definition) is 5. The maximum absolute atomic E-state index is 13.3. The minimum atomic E-state index is -0.578. The van der Waals surface area contributed by atoms with Crippen LogP contribution in [0.15, 0.2) is 42.5 Å². The van der Waals surface area contributed by atoms with Gasteiger partial charge in [0.2, 0.25) is 0 Å². The number of anilines is 2. The number of halogens is 1. The van der Waals surface area contributed by atoms with Crippen LogP contribution < -0.4 is 9.80 Å². The van der Waals surface area contributed by atoms with Crippen molar-refractivity contribution >= 4 is 17.3 Å². The monoisotopic (exact) mass is 455 g/mol. The van der Waals surface area contributed by atoms with E-state index in [0.29, 0.717) is 44.8 Å². The lowest BCUT2D eigenvalue weighted by atomic mass is 9.98. The van der Waals surface area contributed by atoms with Gasteiger partial charge >= 0.3 is 0 Å². The second kappa shape index (κ2) is 11.0. The second-order valence-electron chi connectivity index (χ2n) is 8.87. The van der Waals surface area contributed by atoms with Crippen LogP contribution in [0.5, 0.6) is 0 Å². The first-order valence-corrected chi connectivity index (χ1v) is 11.9. The fourth-order valence-corrected chi connectivity index (χ4v) is 4.77. The third-order valence-corrected chi connectivity index (χ3v) is 6.70. The highest BCUT2D eigenvalue weighted by Crippen LogP contribution is 2.33. The quantitative estimate of drug-likeness (QED) is 0.742. The molecule has 1 saturated heterocycles. The smallest absolute Gasteiger partial charge is 0.253 e. The Labute approximate surface area is 195 Å². The molecule has 2 aliphatic rings. The van der Waals surface area contributed by atoms with Crippen molar-refractivity contribution in [3.05, 3.63) is 59.4 Å². The van der Waals surface area contributed by atoms with Crippen LogP contribution in [0, 0.1) is 5.82 Å². The zero-order valence-electron chi connectivity index (χ0n) is 19.4. The summed E-state index contributed by atoms with van der Waals surface area (Å²) in [4.78, 5) is 19.6. The number of amides is 1. The Morgan fingerprint density at radius 3 is 2.52 bits per heavy atom. The van der Waals surface area contributed by atoms with Crippen LogP contribution >= 0.6 is 0 Å². The summed E-state index contributed by atoms with van der Waals surface area (Å²) in [7, 11) is 1.70. The fourth-order valence-electron chi connectivity index (χ4n) is 4.77. The van der Waals surface area contributed by atoms with Gasteiger partial charge in [0, 0.05) is 68.9 Å². The molecule has 2 aromatic carbocycles. The highest BCUT2D eigenvalue weighted by molar-refractivity contribution is 5.95. The van der Waals surface area contributed by atoms with E-state index in [4.69, 9.17) is 4.74 Å². The van der Waals surface area contributed by atoms with Crippen LogP contribution in [0.1, 0.15) is 47.7 Å². The van der Waals surface area contributed by atoms with Gasteiger partial charge in [-0.2, -0.15) is 0 Å². The zero-order valence-corrected chi connectivity index (χ0v) is 19.4. The van der Waals surface area contributed by atoms with E-state index in [1.165, 1.54) is 12.1 Å². The number of nitrogens with zero attached hydrogens (tertiary/aromatic N) is 3. The third-order valence-electron chi connectivity index (χ3n) is 6.70. The Bertz CT molecular complexity index is 929. The van der Waals surface area contributed by atoms with Crippen molar-refractivity contribution in [2.75, 3.05) is 62.8 Å². The van der Waals surface area contributed by atoms with Gasteiger partial charge in [-0.25, -0.2) is 4.39 Å². The highest BCUT2D eigenvalue weighted by atomic mass is 19.1. The van der Waals surface area contributed by atoms with Gasteiger partial charge in [-0.05, 0) is 55.3 Å². The van der Waals surface area contributed by atoms with Gasteiger partial charge in [0.1, 0.15) is 5.82 Å². The largest absolute Gasteiger partial charge is 0.388 e. The van der Waals surface area contributed by atoms with Crippen LogP contribution in [0.4, 0.5) is 15.8 Å². The molecule has 7 heteroatoms. The summed E-state index contributed by atoms with van der Waals surface area (Å²) < 4.78 is 18.5. The predicted octanol–water partition coefficient (Wildman–Crippen LogP) is 3.85. The first kappa shape index (κ1) is 23.5. The highest BCUT2D eigenvalue weighted by Gasteiger charge is 2.25. The van der Waals surface area contributed by atoms with E-state index in [1.807, 2.05) is 23.1 Å². The molecule has 1 unspecified atom stereocenters. The first-order valence-electron chi connectivity index (χ1n) is 11.9. The van der Waals surface area contributed by atoms with Gasteiger partial charge in [-0.15, -0.1) is 0 Å². The number of hydrogen-bond donors (Lipinski definition) is 1. The van der Waals surface area contributed by atoms with E-state index in [9.17, 15) is 14.3 Å². The van der Waals surface area contributed by atoms with Crippen LogP contribution in [0.3, 0.4) is 0 Å². The van der Waals surface area contributed by atoms with E-state index in [1.54, 1.807) is 19.2 Å². The number of aliphatic hydroxyl groups excluding tert-OH is 1. The van der Waals surface area contributed by atoms with Gasteiger partial charge < -0.3 is 24.5 Å². The molecule has 6 nitrogen and oxygen atoms in total. The van der Waals surface area contributed by atoms with Crippen molar-refractivity contribution in [2.45, 2.75) is 31.8 Å². The summed E-state index contributed by atoms with van der Waals surface area (Å²) in [6.45, 7) is 4.92. The molecule has 2 aliphatic heterocycles. The minimum absolute atomic E-state index is 0.00734. The van der Waals surface area contributed by atoms with E-state index in [0.717, 1.165) is 49.3 Å². The molecule has 2 heterocycles. The molecule has 0 aliphatic carbocycles. The average Bonchev–Trinajstić information content (AvgIpc) is 2.92. The molecule has 1 amide bonds. The van der Waals surface area contributed by atoms with Crippen molar-refractivity contribution in [2.24, 2.45) is 0 Å². The van der Waals surface area contributed by atoms with Crippen molar-refractivity contribution in [3.63, 3.8) is 0 Å². The third kappa shape index (κ3) is 5.65. The number of carbonyl (C=O) groups excluding carboxylic acids is 1.